The highest BCUT2D eigenvalue weighted by molar-refractivity contribution is 5.98. The summed E-state index contributed by atoms with van der Waals surface area (Å²) in [6.07, 6.45) is 6.26. The minimum absolute atomic E-state index is 0. The van der Waals surface area contributed by atoms with Gasteiger partial charge in [-0.1, -0.05) is 6.92 Å². The molecule has 1 aromatic rings. The van der Waals surface area contributed by atoms with Crippen LogP contribution in [-0.2, 0) is 11.8 Å². The van der Waals surface area contributed by atoms with Crippen molar-refractivity contribution in [1.29, 1.82) is 0 Å². The van der Waals surface area contributed by atoms with E-state index in [1.54, 1.807) is 17.1 Å². The topological polar surface area (TPSA) is 59.0 Å². The van der Waals surface area contributed by atoms with E-state index >= 15 is 0 Å². The summed E-state index contributed by atoms with van der Waals surface area (Å²) in [4.78, 5) is 12.2. The average molecular weight is 259 g/mol. The first-order valence-electron chi connectivity index (χ1n) is 5.71. The number of aryl methyl sites for hydroxylation is 1. The van der Waals surface area contributed by atoms with Gasteiger partial charge in [-0.3, -0.25) is 9.48 Å². The first-order chi connectivity index (χ1) is 7.66. The van der Waals surface area contributed by atoms with Crippen LogP contribution in [-0.4, -0.2) is 27.8 Å². The van der Waals surface area contributed by atoms with Crippen molar-refractivity contribution in [1.82, 2.24) is 15.1 Å². The lowest BCUT2D eigenvalue weighted by Gasteiger charge is -2.26. The molecular weight excluding hydrogens is 240 g/mol. The largest absolute Gasteiger partial charge is 0.322 e. The second-order valence-electron chi connectivity index (χ2n) is 4.32. The van der Waals surface area contributed by atoms with Crippen molar-refractivity contribution >= 4 is 24.0 Å². The highest BCUT2D eigenvalue weighted by atomic mass is 35.5. The van der Waals surface area contributed by atoms with Crippen LogP contribution in [0, 0.1) is 0 Å². The number of hydrogen-bond acceptors (Lipinski definition) is 3. The molecule has 2 rings (SSSR count). The molecular formula is C11H19ClN4O. The molecule has 2 N–H and O–H groups in total. The monoisotopic (exact) mass is 258 g/mol. The van der Waals surface area contributed by atoms with Gasteiger partial charge in [0.05, 0.1) is 17.4 Å². The number of carbonyl (C=O) groups is 1. The Morgan fingerprint density at radius 1 is 1.71 bits per heavy atom. The molecule has 0 saturated carbocycles. The van der Waals surface area contributed by atoms with Gasteiger partial charge in [-0.25, -0.2) is 0 Å². The van der Waals surface area contributed by atoms with E-state index < -0.39 is 0 Å². The molecule has 96 valence electrons. The van der Waals surface area contributed by atoms with Gasteiger partial charge in [-0.05, 0) is 25.8 Å². The van der Waals surface area contributed by atoms with Crippen molar-refractivity contribution < 1.29 is 4.79 Å². The van der Waals surface area contributed by atoms with Crippen LogP contribution in [0.3, 0.4) is 0 Å². The van der Waals surface area contributed by atoms with Crippen molar-refractivity contribution in [3.8, 4) is 0 Å². The minimum Gasteiger partial charge on any atom is -0.322 e. The average Bonchev–Trinajstić information content (AvgIpc) is 2.88. The smallest absolute Gasteiger partial charge is 0.244 e. The molecule has 1 atom stereocenters. The van der Waals surface area contributed by atoms with Crippen LogP contribution >= 0.6 is 12.4 Å². The van der Waals surface area contributed by atoms with Gasteiger partial charge in [0.15, 0.2) is 0 Å². The van der Waals surface area contributed by atoms with E-state index in [-0.39, 0.29) is 23.9 Å². The maximum absolute atomic E-state index is 12.2. The lowest BCUT2D eigenvalue weighted by molar-refractivity contribution is -0.122. The fraction of sp³-hybridized carbons (Fsp3) is 0.636. The van der Waals surface area contributed by atoms with Crippen molar-refractivity contribution in [3.05, 3.63) is 12.4 Å². The van der Waals surface area contributed by atoms with Gasteiger partial charge in [0.25, 0.3) is 0 Å². The van der Waals surface area contributed by atoms with Crippen LogP contribution < -0.4 is 10.6 Å². The molecule has 17 heavy (non-hydrogen) atoms. The van der Waals surface area contributed by atoms with Crippen LogP contribution in [0.2, 0.25) is 0 Å². The van der Waals surface area contributed by atoms with E-state index in [2.05, 4.69) is 15.7 Å². The molecule has 0 aromatic carbocycles. The lowest BCUT2D eigenvalue weighted by atomic mass is 9.93. The van der Waals surface area contributed by atoms with Crippen molar-refractivity contribution in [2.24, 2.45) is 7.05 Å². The highest BCUT2D eigenvalue weighted by Gasteiger charge is 2.39. The minimum atomic E-state index is -0.379. The van der Waals surface area contributed by atoms with Gasteiger partial charge in [0.1, 0.15) is 0 Å². The molecule has 0 bridgehead atoms. The fourth-order valence-electron chi connectivity index (χ4n) is 2.20. The maximum Gasteiger partial charge on any atom is 0.244 e. The van der Waals surface area contributed by atoms with Gasteiger partial charge in [0.2, 0.25) is 5.91 Å². The maximum atomic E-state index is 12.2. The molecule has 1 fully saturated rings. The molecule has 1 amide bonds. The van der Waals surface area contributed by atoms with Gasteiger partial charge < -0.3 is 10.6 Å². The zero-order valence-corrected chi connectivity index (χ0v) is 11.0. The van der Waals surface area contributed by atoms with Crippen molar-refractivity contribution in [3.63, 3.8) is 0 Å². The van der Waals surface area contributed by atoms with E-state index in [0.717, 1.165) is 31.5 Å². The second kappa shape index (κ2) is 5.51. The predicted octanol–water partition coefficient (Wildman–Crippen LogP) is 1.31. The van der Waals surface area contributed by atoms with E-state index in [4.69, 9.17) is 0 Å². The molecule has 2 heterocycles. The van der Waals surface area contributed by atoms with Crippen LogP contribution in [0.1, 0.15) is 26.2 Å². The first kappa shape index (κ1) is 14.0. The van der Waals surface area contributed by atoms with Crippen molar-refractivity contribution in [2.45, 2.75) is 31.7 Å². The quantitative estimate of drug-likeness (QED) is 0.860. The molecule has 0 radical (unpaired) electrons. The van der Waals surface area contributed by atoms with E-state index in [9.17, 15) is 4.79 Å². The van der Waals surface area contributed by atoms with Crippen LogP contribution in [0.5, 0.6) is 0 Å². The number of amides is 1. The Hall–Kier alpha value is -1.07. The highest BCUT2D eigenvalue weighted by Crippen LogP contribution is 2.24. The summed E-state index contributed by atoms with van der Waals surface area (Å²) in [7, 11) is 1.83. The number of carbonyl (C=O) groups excluding carboxylic acids is 1. The van der Waals surface area contributed by atoms with E-state index in [1.807, 2.05) is 14.0 Å². The fourth-order valence-corrected chi connectivity index (χ4v) is 2.20. The van der Waals surface area contributed by atoms with Crippen molar-refractivity contribution in [2.75, 3.05) is 11.9 Å². The summed E-state index contributed by atoms with van der Waals surface area (Å²) < 4.78 is 1.68. The normalized spacial score (nSPS) is 23.2. The molecule has 1 aliphatic rings. The summed E-state index contributed by atoms with van der Waals surface area (Å²) in [5, 5.41) is 10.2. The third kappa shape index (κ3) is 2.79. The van der Waals surface area contributed by atoms with Crippen LogP contribution in [0.4, 0.5) is 5.69 Å². The number of halogens is 1. The predicted molar refractivity (Wildman–Crippen MR) is 69.3 cm³/mol. The number of anilines is 1. The number of aromatic nitrogens is 2. The summed E-state index contributed by atoms with van der Waals surface area (Å²) in [6, 6.07) is 0. The Morgan fingerprint density at radius 2 is 2.47 bits per heavy atom. The Balaban J connectivity index is 0.00000144. The summed E-state index contributed by atoms with van der Waals surface area (Å²) >= 11 is 0. The molecule has 0 aliphatic carbocycles. The number of hydrogen-bond donors (Lipinski definition) is 2. The standard InChI is InChI=1S/C11H18N4O.ClH/c1-3-11(5-4-6-12-11)10(16)14-9-7-13-15(2)8-9;/h7-8,12H,3-6H2,1-2H3,(H,14,16);1H. The molecule has 1 aliphatic heterocycles. The Kier molecular flexibility index (Phi) is 4.54. The zero-order valence-electron chi connectivity index (χ0n) is 10.2. The molecule has 1 unspecified atom stereocenters. The number of nitrogens with one attached hydrogen (secondary N) is 2. The molecule has 1 saturated heterocycles. The third-order valence-electron chi connectivity index (χ3n) is 3.24. The lowest BCUT2D eigenvalue weighted by Crippen LogP contribution is -2.50. The van der Waals surface area contributed by atoms with E-state index in [1.165, 1.54) is 0 Å². The summed E-state index contributed by atoms with van der Waals surface area (Å²) in [5.41, 5.74) is 0.379. The SMILES string of the molecule is CCC1(C(=O)Nc2cnn(C)c2)CCCN1.Cl. The molecule has 0 spiro atoms. The second-order valence-corrected chi connectivity index (χ2v) is 4.32. The first-order valence-corrected chi connectivity index (χ1v) is 5.71. The Morgan fingerprint density at radius 3 is 2.94 bits per heavy atom. The van der Waals surface area contributed by atoms with Gasteiger partial charge in [0, 0.05) is 13.2 Å². The summed E-state index contributed by atoms with van der Waals surface area (Å²) in [6.45, 7) is 2.97. The van der Waals surface area contributed by atoms with Gasteiger partial charge >= 0.3 is 0 Å². The Bertz CT molecular complexity index is 385. The third-order valence-corrected chi connectivity index (χ3v) is 3.24. The summed E-state index contributed by atoms with van der Waals surface area (Å²) in [5.74, 6) is 0.0560. The van der Waals surface area contributed by atoms with Gasteiger partial charge in [-0.2, -0.15) is 5.10 Å². The molecule has 5 nitrogen and oxygen atoms in total. The zero-order chi connectivity index (χ0) is 11.6. The van der Waals surface area contributed by atoms with Gasteiger partial charge in [-0.15, -0.1) is 12.4 Å². The van der Waals surface area contributed by atoms with Crippen LogP contribution in [0.15, 0.2) is 12.4 Å². The molecule has 6 heteroatoms. The van der Waals surface area contributed by atoms with Crippen LogP contribution in [0.25, 0.3) is 0 Å². The molecule has 1 aromatic heterocycles. The Labute approximate surface area is 107 Å². The number of nitrogens with zero attached hydrogens (tertiary/aromatic N) is 2. The number of rotatable bonds is 3. The van der Waals surface area contributed by atoms with E-state index in [0.29, 0.717) is 0 Å².